The van der Waals surface area contributed by atoms with Gasteiger partial charge in [0.1, 0.15) is 0 Å². The van der Waals surface area contributed by atoms with Crippen molar-refractivity contribution in [3.05, 3.63) is 59.8 Å². The number of hydrogen-bond acceptors (Lipinski definition) is 6. The molecule has 25 heavy (non-hydrogen) atoms. The fourth-order valence-corrected chi connectivity index (χ4v) is 3.34. The van der Waals surface area contributed by atoms with Gasteiger partial charge in [-0.15, -0.1) is 0 Å². The highest BCUT2D eigenvalue weighted by Gasteiger charge is 2.17. The van der Waals surface area contributed by atoms with Crippen LogP contribution < -0.4 is 16.0 Å². The molecule has 0 atom stereocenters. The summed E-state index contributed by atoms with van der Waals surface area (Å²) < 4.78 is 0. The molecule has 0 aliphatic carbocycles. The van der Waals surface area contributed by atoms with Gasteiger partial charge in [-0.2, -0.15) is 0 Å². The lowest BCUT2D eigenvalue weighted by Crippen LogP contribution is -2.34. The molecular formula is C19H24N6. The first kappa shape index (κ1) is 15.9. The minimum absolute atomic E-state index is 0.767. The van der Waals surface area contributed by atoms with E-state index in [0.29, 0.717) is 0 Å². The van der Waals surface area contributed by atoms with E-state index >= 15 is 0 Å². The zero-order valence-corrected chi connectivity index (χ0v) is 14.3. The van der Waals surface area contributed by atoms with E-state index in [-0.39, 0.29) is 0 Å². The Morgan fingerprint density at radius 1 is 1.08 bits per heavy atom. The van der Waals surface area contributed by atoms with Crippen molar-refractivity contribution in [2.75, 3.05) is 32.7 Å². The fourth-order valence-electron chi connectivity index (χ4n) is 3.34. The van der Waals surface area contributed by atoms with Gasteiger partial charge in [-0.1, -0.05) is 6.07 Å². The molecule has 2 aliphatic rings. The van der Waals surface area contributed by atoms with Gasteiger partial charge in [-0.25, -0.2) is 0 Å². The largest absolute Gasteiger partial charge is 0.386 e. The van der Waals surface area contributed by atoms with E-state index in [4.69, 9.17) is 0 Å². The molecule has 6 heteroatoms. The quantitative estimate of drug-likeness (QED) is 0.783. The lowest BCUT2D eigenvalue weighted by atomic mass is 10.1. The Balaban J connectivity index is 1.46. The van der Waals surface area contributed by atoms with Crippen molar-refractivity contribution in [1.82, 2.24) is 30.8 Å². The summed E-state index contributed by atoms with van der Waals surface area (Å²) in [6.45, 7) is 5.95. The zero-order chi connectivity index (χ0) is 16.9. The van der Waals surface area contributed by atoms with Gasteiger partial charge in [-0.3, -0.25) is 9.97 Å². The van der Waals surface area contributed by atoms with Crippen LogP contribution in [0.1, 0.15) is 12.0 Å². The highest BCUT2D eigenvalue weighted by molar-refractivity contribution is 5.74. The van der Waals surface area contributed by atoms with Crippen molar-refractivity contribution >= 4 is 11.0 Å². The molecule has 2 aliphatic heterocycles. The smallest absolute Gasteiger partial charge is 0.0890 e. The Hall–Kier alpha value is -2.60. The van der Waals surface area contributed by atoms with Crippen LogP contribution in [-0.4, -0.2) is 47.6 Å². The molecule has 0 amide bonds. The fraction of sp³-hybridized carbons (Fsp3) is 0.368. The summed E-state index contributed by atoms with van der Waals surface area (Å²) >= 11 is 0. The molecule has 0 bridgehead atoms. The van der Waals surface area contributed by atoms with Crippen LogP contribution in [0.25, 0.3) is 11.0 Å². The van der Waals surface area contributed by atoms with Crippen LogP contribution in [-0.2, 0) is 6.54 Å². The lowest BCUT2D eigenvalue weighted by molar-refractivity contribution is 0.365. The van der Waals surface area contributed by atoms with E-state index in [1.54, 1.807) is 12.4 Å². The van der Waals surface area contributed by atoms with Crippen molar-refractivity contribution in [3.63, 3.8) is 0 Å². The average Bonchev–Trinajstić information content (AvgIpc) is 2.96. The van der Waals surface area contributed by atoms with E-state index in [9.17, 15) is 0 Å². The zero-order valence-electron chi connectivity index (χ0n) is 14.3. The Kier molecular flexibility index (Phi) is 4.79. The maximum atomic E-state index is 4.39. The van der Waals surface area contributed by atoms with Crippen molar-refractivity contribution in [2.45, 2.75) is 13.0 Å². The van der Waals surface area contributed by atoms with Gasteiger partial charge in [0.05, 0.1) is 22.4 Å². The Morgan fingerprint density at radius 2 is 2.00 bits per heavy atom. The first-order chi connectivity index (χ1) is 12.4. The summed E-state index contributed by atoms with van der Waals surface area (Å²) in [5.74, 6) is 0. The monoisotopic (exact) mass is 336 g/mol. The van der Waals surface area contributed by atoms with Gasteiger partial charge in [0, 0.05) is 51.3 Å². The van der Waals surface area contributed by atoms with Crippen molar-refractivity contribution in [2.24, 2.45) is 0 Å². The molecule has 4 rings (SSSR count). The summed E-state index contributed by atoms with van der Waals surface area (Å²) in [4.78, 5) is 11.2. The second-order valence-corrected chi connectivity index (χ2v) is 6.38. The number of nitrogens with zero attached hydrogens (tertiary/aromatic N) is 3. The van der Waals surface area contributed by atoms with Crippen LogP contribution in [0.4, 0.5) is 0 Å². The molecule has 1 fully saturated rings. The van der Waals surface area contributed by atoms with Gasteiger partial charge in [0.25, 0.3) is 0 Å². The third-order valence-electron chi connectivity index (χ3n) is 4.63. The first-order valence-corrected chi connectivity index (χ1v) is 8.93. The molecule has 0 radical (unpaired) electrons. The standard InChI is InChI=1S/C19H24N6/c1-5-20-9-11-25(10-1)19-4-6-21-14-18(19)24-13-15-2-3-16-17(12-15)23-8-7-22-16/h2-4,7-8,12,14,20-21,24H,1,5-6,9-11,13H2. The average molecular weight is 336 g/mol. The lowest BCUT2D eigenvalue weighted by Gasteiger charge is -2.30. The number of benzene rings is 1. The molecule has 0 spiro atoms. The minimum Gasteiger partial charge on any atom is -0.386 e. The van der Waals surface area contributed by atoms with Gasteiger partial charge in [-0.05, 0) is 36.7 Å². The summed E-state index contributed by atoms with van der Waals surface area (Å²) in [6.07, 6.45) is 9.02. The second kappa shape index (κ2) is 7.53. The molecule has 1 saturated heterocycles. The maximum absolute atomic E-state index is 4.39. The molecule has 6 nitrogen and oxygen atoms in total. The van der Waals surface area contributed by atoms with Crippen LogP contribution in [0.2, 0.25) is 0 Å². The van der Waals surface area contributed by atoms with E-state index < -0.39 is 0 Å². The Bertz CT molecular complexity index is 789. The van der Waals surface area contributed by atoms with Gasteiger partial charge < -0.3 is 20.9 Å². The van der Waals surface area contributed by atoms with Gasteiger partial charge >= 0.3 is 0 Å². The molecule has 3 N–H and O–H groups in total. The summed E-state index contributed by atoms with van der Waals surface area (Å²) in [6, 6.07) is 6.25. The summed E-state index contributed by atoms with van der Waals surface area (Å²) in [5.41, 5.74) is 5.54. The summed E-state index contributed by atoms with van der Waals surface area (Å²) in [5, 5.41) is 10.4. The van der Waals surface area contributed by atoms with Crippen molar-refractivity contribution in [3.8, 4) is 0 Å². The molecule has 3 heterocycles. The van der Waals surface area contributed by atoms with Crippen LogP contribution >= 0.6 is 0 Å². The molecular weight excluding hydrogens is 312 g/mol. The number of hydrogen-bond donors (Lipinski definition) is 3. The van der Waals surface area contributed by atoms with E-state index in [1.807, 2.05) is 6.07 Å². The minimum atomic E-state index is 0.767. The normalized spacial score (nSPS) is 18.2. The molecule has 1 aromatic heterocycles. The molecule has 2 aromatic rings. The Morgan fingerprint density at radius 3 is 2.96 bits per heavy atom. The van der Waals surface area contributed by atoms with E-state index in [2.05, 4.69) is 55.2 Å². The number of fused-ring (bicyclic) bond motifs is 1. The van der Waals surface area contributed by atoms with Crippen LogP contribution in [0.5, 0.6) is 0 Å². The third-order valence-corrected chi connectivity index (χ3v) is 4.63. The predicted molar refractivity (Wildman–Crippen MR) is 99.6 cm³/mol. The van der Waals surface area contributed by atoms with E-state index in [1.165, 1.54) is 17.7 Å². The highest BCUT2D eigenvalue weighted by Crippen LogP contribution is 2.18. The first-order valence-electron chi connectivity index (χ1n) is 8.93. The highest BCUT2D eigenvalue weighted by atomic mass is 15.2. The van der Waals surface area contributed by atoms with Crippen LogP contribution in [0, 0.1) is 0 Å². The molecule has 0 saturated carbocycles. The maximum Gasteiger partial charge on any atom is 0.0890 e. The topological polar surface area (TPSA) is 65.1 Å². The predicted octanol–water partition coefficient (Wildman–Crippen LogP) is 1.34. The third kappa shape index (κ3) is 3.74. The van der Waals surface area contributed by atoms with Crippen molar-refractivity contribution < 1.29 is 0 Å². The van der Waals surface area contributed by atoms with E-state index in [0.717, 1.165) is 56.0 Å². The van der Waals surface area contributed by atoms with Crippen molar-refractivity contribution in [1.29, 1.82) is 0 Å². The number of aromatic nitrogens is 2. The molecule has 130 valence electrons. The van der Waals surface area contributed by atoms with Gasteiger partial charge in [0.15, 0.2) is 0 Å². The Labute approximate surface area is 148 Å². The van der Waals surface area contributed by atoms with Crippen LogP contribution in [0.3, 0.4) is 0 Å². The summed E-state index contributed by atoms with van der Waals surface area (Å²) in [7, 11) is 0. The van der Waals surface area contributed by atoms with Gasteiger partial charge in [0.2, 0.25) is 0 Å². The molecule has 0 unspecified atom stereocenters. The number of rotatable bonds is 4. The van der Waals surface area contributed by atoms with Crippen LogP contribution in [0.15, 0.2) is 54.3 Å². The molecule has 1 aromatic carbocycles. The SMILES string of the molecule is C1=C(NCc2ccc3nccnc3c2)C(N2CCCNCC2)=CCN1. The number of nitrogens with one attached hydrogen (secondary N) is 3. The number of dihydropyridines is 1. The second-order valence-electron chi connectivity index (χ2n) is 6.38.